The molecule has 0 N–H and O–H groups in total. The van der Waals surface area contributed by atoms with Crippen molar-refractivity contribution in [3.8, 4) is 0 Å². The molecule has 0 aromatic heterocycles. The highest BCUT2D eigenvalue weighted by Crippen LogP contribution is 2.34. The molecule has 1 aliphatic heterocycles. The second-order valence-corrected chi connectivity index (χ2v) is 5.76. The van der Waals surface area contributed by atoms with Crippen LogP contribution in [-0.4, -0.2) is 42.5 Å². The number of benzene rings is 1. The third kappa shape index (κ3) is 3.75. The molecule has 0 radical (unpaired) electrons. The number of esters is 2. The molecule has 1 aliphatic rings. The molecule has 1 amide bonds. The second kappa shape index (κ2) is 7.95. The van der Waals surface area contributed by atoms with Gasteiger partial charge >= 0.3 is 11.9 Å². The Morgan fingerprint density at radius 3 is 2.21 bits per heavy atom. The Morgan fingerprint density at radius 1 is 1.08 bits per heavy atom. The first-order valence-corrected chi connectivity index (χ1v) is 8.19. The number of hydrogen-bond acceptors (Lipinski definition) is 5. The molecule has 0 atom stereocenters. The van der Waals surface area contributed by atoms with Crippen LogP contribution in [0, 0.1) is 5.41 Å². The van der Waals surface area contributed by atoms with Crippen LogP contribution in [0.25, 0.3) is 0 Å². The van der Waals surface area contributed by atoms with Gasteiger partial charge in [0.25, 0.3) is 0 Å². The summed E-state index contributed by atoms with van der Waals surface area (Å²) < 4.78 is 10.2. The molecule has 6 heteroatoms. The standard InChI is InChI=1S/C18H23NO5/c1-3-23-16(21)18(17(22)24-4-2)11-10-15(20)19(13-18)12-14-8-6-5-7-9-14/h5-9H,3-4,10-13H2,1-2H3. The van der Waals surface area contributed by atoms with Crippen LogP contribution in [0.1, 0.15) is 32.3 Å². The van der Waals surface area contributed by atoms with Gasteiger partial charge in [-0.2, -0.15) is 0 Å². The average molecular weight is 333 g/mol. The molecule has 24 heavy (non-hydrogen) atoms. The molecular weight excluding hydrogens is 310 g/mol. The minimum atomic E-state index is -1.44. The largest absolute Gasteiger partial charge is 0.465 e. The Balaban J connectivity index is 2.26. The molecule has 0 spiro atoms. The summed E-state index contributed by atoms with van der Waals surface area (Å²) in [6.07, 6.45) is 0.235. The van der Waals surface area contributed by atoms with Crippen molar-refractivity contribution in [1.29, 1.82) is 0 Å². The van der Waals surface area contributed by atoms with Gasteiger partial charge in [0.05, 0.1) is 13.2 Å². The highest BCUT2D eigenvalue weighted by atomic mass is 16.6. The zero-order valence-corrected chi connectivity index (χ0v) is 14.1. The first-order valence-electron chi connectivity index (χ1n) is 8.19. The molecular formula is C18H23NO5. The van der Waals surface area contributed by atoms with Crippen LogP contribution in [0.5, 0.6) is 0 Å². The summed E-state index contributed by atoms with van der Waals surface area (Å²) in [7, 11) is 0. The quantitative estimate of drug-likeness (QED) is 0.587. The Kier molecular flexibility index (Phi) is 5.95. The molecule has 0 aliphatic carbocycles. The van der Waals surface area contributed by atoms with Crippen LogP contribution in [0.4, 0.5) is 0 Å². The van der Waals surface area contributed by atoms with Gasteiger partial charge in [0.1, 0.15) is 0 Å². The molecule has 2 rings (SSSR count). The van der Waals surface area contributed by atoms with E-state index in [1.807, 2.05) is 30.3 Å². The molecule has 1 aromatic rings. The van der Waals surface area contributed by atoms with E-state index in [1.165, 1.54) is 4.90 Å². The van der Waals surface area contributed by atoms with Crippen molar-refractivity contribution in [1.82, 2.24) is 4.90 Å². The van der Waals surface area contributed by atoms with Gasteiger partial charge in [-0.3, -0.25) is 14.4 Å². The predicted octanol–water partition coefficient (Wildman–Crippen LogP) is 1.92. The summed E-state index contributed by atoms with van der Waals surface area (Å²) in [6, 6.07) is 9.46. The van der Waals surface area contributed by atoms with E-state index in [1.54, 1.807) is 13.8 Å². The minimum absolute atomic E-state index is 0.0155. The van der Waals surface area contributed by atoms with Gasteiger partial charge < -0.3 is 14.4 Å². The van der Waals surface area contributed by atoms with Crippen LogP contribution in [0.3, 0.4) is 0 Å². The maximum atomic E-state index is 12.5. The number of hydrogen-bond donors (Lipinski definition) is 0. The first-order chi connectivity index (χ1) is 11.5. The van der Waals surface area contributed by atoms with Crippen molar-refractivity contribution in [2.24, 2.45) is 5.41 Å². The maximum Gasteiger partial charge on any atom is 0.325 e. The van der Waals surface area contributed by atoms with Gasteiger partial charge in [-0.15, -0.1) is 0 Å². The van der Waals surface area contributed by atoms with E-state index in [0.717, 1.165) is 5.56 Å². The maximum absolute atomic E-state index is 12.5. The van der Waals surface area contributed by atoms with Crippen molar-refractivity contribution in [2.45, 2.75) is 33.2 Å². The van der Waals surface area contributed by atoms with E-state index in [-0.39, 0.29) is 38.5 Å². The summed E-state index contributed by atoms with van der Waals surface area (Å²) in [5.74, 6) is -1.31. The molecule has 1 aromatic carbocycles. The lowest BCUT2D eigenvalue weighted by atomic mass is 9.79. The van der Waals surface area contributed by atoms with Gasteiger partial charge in [-0.05, 0) is 25.8 Å². The monoisotopic (exact) mass is 333 g/mol. The Bertz CT molecular complexity index is 581. The van der Waals surface area contributed by atoms with Crippen molar-refractivity contribution < 1.29 is 23.9 Å². The SMILES string of the molecule is CCOC(=O)C1(C(=O)OCC)CCC(=O)N(Cc2ccccc2)C1. The molecule has 0 saturated carbocycles. The number of likely N-dealkylation sites (tertiary alicyclic amines) is 1. The van der Waals surface area contributed by atoms with Crippen LogP contribution >= 0.6 is 0 Å². The number of rotatable bonds is 6. The van der Waals surface area contributed by atoms with Crippen molar-refractivity contribution in [3.05, 3.63) is 35.9 Å². The van der Waals surface area contributed by atoms with Crippen molar-refractivity contribution >= 4 is 17.8 Å². The fourth-order valence-electron chi connectivity index (χ4n) is 2.87. The summed E-state index contributed by atoms with van der Waals surface area (Å²) in [4.78, 5) is 38.8. The predicted molar refractivity (Wildman–Crippen MR) is 86.8 cm³/mol. The molecule has 6 nitrogen and oxygen atoms in total. The summed E-state index contributed by atoms with van der Waals surface area (Å²) >= 11 is 0. The highest BCUT2D eigenvalue weighted by Gasteiger charge is 2.53. The normalized spacial score (nSPS) is 16.6. The van der Waals surface area contributed by atoms with Crippen LogP contribution in [-0.2, 0) is 30.4 Å². The minimum Gasteiger partial charge on any atom is -0.465 e. The smallest absolute Gasteiger partial charge is 0.325 e. The second-order valence-electron chi connectivity index (χ2n) is 5.76. The van der Waals surface area contributed by atoms with Crippen LogP contribution < -0.4 is 0 Å². The number of carbonyl (C=O) groups excluding carboxylic acids is 3. The van der Waals surface area contributed by atoms with E-state index in [0.29, 0.717) is 6.54 Å². The number of ether oxygens (including phenoxy) is 2. The number of carbonyl (C=O) groups is 3. The molecule has 130 valence electrons. The number of nitrogens with zero attached hydrogens (tertiary/aromatic N) is 1. The van der Waals surface area contributed by atoms with E-state index in [2.05, 4.69) is 0 Å². The Morgan fingerprint density at radius 2 is 1.67 bits per heavy atom. The average Bonchev–Trinajstić information content (AvgIpc) is 2.58. The van der Waals surface area contributed by atoms with Gasteiger partial charge in [0.15, 0.2) is 5.41 Å². The fraction of sp³-hybridized carbons (Fsp3) is 0.500. The summed E-state index contributed by atoms with van der Waals surface area (Å²) in [5.41, 5.74) is -0.497. The summed E-state index contributed by atoms with van der Waals surface area (Å²) in [6.45, 7) is 4.05. The fourth-order valence-corrected chi connectivity index (χ4v) is 2.87. The molecule has 1 saturated heterocycles. The first kappa shape index (κ1) is 18.0. The lowest BCUT2D eigenvalue weighted by Gasteiger charge is -2.38. The zero-order chi connectivity index (χ0) is 17.6. The third-order valence-electron chi connectivity index (χ3n) is 4.13. The molecule has 0 unspecified atom stereocenters. The van der Waals surface area contributed by atoms with Gasteiger partial charge in [-0.25, -0.2) is 0 Å². The van der Waals surface area contributed by atoms with Crippen molar-refractivity contribution in [3.63, 3.8) is 0 Å². The van der Waals surface area contributed by atoms with E-state index in [4.69, 9.17) is 9.47 Å². The van der Waals surface area contributed by atoms with Crippen LogP contribution in [0.15, 0.2) is 30.3 Å². The number of piperidine rings is 1. The van der Waals surface area contributed by atoms with E-state index in [9.17, 15) is 14.4 Å². The third-order valence-corrected chi connectivity index (χ3v) is 4.13. The van der Waals surface area contributed by atoms with Gasteiger partial charge in [0, 0.05) is 19.5 Å². The van der Waals surface area contributed by atoms with E-state index >= 15 is 0 Å². The highest BCUT2D eigenvalue weighted by molar-refractivity contribution is 6.02. The Hall–Kier alpha value is -2.37. The van der Waals surface area contributed by atoms with Crippen LogP contribution in [0.2, 0.25) is 0 Å². The summed E-state index contributed by atoms with van der Waals surface area (Å²) in [5, 5.41) is 0. The lowest BCUT2D eigenvalue weighted by Crippen LogP contribution is -2.55. The molecule has 1 fully saturated rings. The lowest BCUT2D eigenvalue weighted by molar-refractivity contribution is -0.178. The van der Waals surface area contributed by atoms with E-state index < -0.39 is 17.4 Å². The van der Waals surface area contributed by atoms with Gasteiger partial charge in [-0.1, -0.05) is 30.3 Å². The molecule has 0 bridgehead atoms. The Labute approximate surface area is 141 Å². The van der Waals surface area contributed by atoms with Crippen molar-refractivity contribution in [2.75, 3.05) is 19.8 Å². The zero-order valence-electron chi connectivity index (χ0n) is 14.1. The topological polar surface area (TPSA) is 72.9 Å². The van der Waals surface area contributed by atoms with Gasteiger partial charge in [0.2, 0.25) is 5.91 Å². The number of amides is 1. The molecule has 1 heterocycles.